The minimum Gasteiger partial charge on any atom is -0.317 e. The van der Waals surface area contributed by atoms with E-state index in [0.29, 0.717) is 6.04 Å². The first-order chi connectivity index (χ1) is 8.26. The van der Waals surface area contributed by atoms with Crippen LogP contribution in [-0.2, 0) is 13.5 Å². The van der Waals surface area contributed by atoms with E-state index < -0.39 is 0 Å². The van der Waals surface area contributed by atoms with Crippen molar-refractivity contribution >= 4 is 0 Å². The van der Waals surface area contributed by atoms with Crippen molar-refractivity contribution in [3.63, 3.8) is 0 Å². The van der Waals surface area contributed by atoms with Crippen LogP contribution in [0.2, 0.25) is 0 Å². The third-order valence-electron chi connectivity index (χ3n) is 3.17. The molecular weight excluding hydrogens is 212 g/mol. The van der Waals surface area contributed by atoms with Gasteiger partial charge in [0.1, 0.15) is 0 Å². The van der Waals surface area contributed by atoms with E-state index in [2.05, 4.69) is 22.6 Å². The first kappa shape index (κ1) is 14.2. The van der Waals surface area contributed by atoms with E-state index >= 15 is 0 Å². The molecule has 0 radical (unpaired) electrons. The van der Waals surface area contributed by atoms with E-state index in [-0.39, 0.29) is 0 Å². The van der Waals surface area contributed by atoms with Crippen LogP contribution in [0, 0.1) is 0 Å². The summed E-state index contributed by atoms with van der Waals surface area (Å²) < 4.78 is 1.77. The third-order valence-corrected chi connectivity index (χ3v) is 3.17. The van der Waals surface area contributed by atoms with Crippen LogP contribution in [0.5, 0.6) is 0 Å². The number of rotatable bonds is 9. The molecule has 1 N–H and O–H groups in total. The Bertz CT molecular complexity index is 295. The molecule has 98 valence electrons. The Balaban J connectivity index is 2.19. The van der Waals surface area contributed by atoms with Crippen LogP contribution in [-0.4, -0.2) is 28.1 Å². The number of aromatic nitrogens is 3. The zero-order valence-electron chi connectivity index (χ0n) is 11.4. The molecule has 0 saturated carbocycles. The number of hydrogen-bond donors (Lipinski definition) is 1. The summed E-state index contributed by atoms with van der Waals surface area (Å²) in [7, 11) is 3.95. The minimum atomic E-state index is 0.535. The lowest BCUT2D eigenvalue weighted by Crippen LogP contribution is -2.27. The smallest absolute Gasteiger partial charge is 0.0842 e. The predicted molar refractivity (Wildman–Crippen MR) is 70.9 cm³/mol. The van der Waals surface area contributed by atoms with Crippen molar-refractivity contribution in [3.8, 4) is 0 Å². The minimum absolute atomic E-state index is 0.535. The Kier molecular flexibility index (Phi) is 6.86. The molecule has 0 amide bonds. The number of hydrogen-bond acceptors (Lipinski definition) is 3. The molecule has 1 heterocycles. The lowest BCUT2D eigenvalue weighted by Gasteiger charge is -2.14. The molecule has 4 nitrogen and oxygen atoms in total. The Morgan fingerprint density at radius 3 is 2.65 bits per heavy atom. The fraction of sp³-hybridized carbons (Fsp3) is 0.846. The van der Waals surface area contributed by atoms with Gasteiger partial charge in [-0.1, -0.05) is 44.2 Å². The Morgan fingerprint density at radius 2 is 2.06 bits per heavy atom. The van der Waals surface area contributed by atoms with Crippen molar-refractivity contribution in [3.05, 3.63) is 11.9 Å². The Hall–Kier alpha value is -0.900. The zero-order valence-corrected chi connectivity index (χ0v) is 11.4. The van der Waals surface area contributed by atoms with E-state index in [1.165, 1.54) is 38.5 Å². The van der Waals surface area contributed by atoms with Crippen LogP contribution in [0.3, 0.4) is 0 Å². The second kappa shape index (κ2) is 8.23. The highest BCUT2D eigenvalue weighted by Crippen LogP contribution is 2.09. The average molecular weight is 238 g/mol. The molecule has 1 rings (SSSR count). The molecule has 0 aliphatic carbocycles. The van der Waals surface area contributed by atoms with Crippen LogP contribution in [0.15, 0.2) is 6.20 Å². The molecule has 0 spiro atoms. The molecule has 4 heteroatoms. The Morgan fingerprint density at radius 1 is 1.29 bits per heavy atom. The van der Waals surface area contributed by atoms with Gasteiger partial charge in [0, 0.05) is 25.7 Å². The van der Waals surface area contributed by atoms with Crippen LogP contribution in [0.4, 0.5) is 0 Å². The van der Waals surface area contributed by atoms with E-state index in [0.717, 1.165) is 12.1 Å². The fourth-order valence-electron chi connectivity index (χ4n) is 2.08. The van der Waals surface area contributed by atoms with Gasteiger partial charge in [0.05, 0.1) is 5.69 Å². The summed E-state index contributed by atoms with van der Waals surface area (Å²) in [4.78, 5) is 0. The van der Waals surface area contributed by atoms with Crippen molar-refractivity contribution in [2.45, 2.75) is 57.9 Å². The molecule has 1 aromatic heterocycles. The van der Waals surface area contributed by atoms with Crippen molar-refractivity contribution in [1.82, 2.24) is 20.3 Å². The number of nitrogens with zero attached hydrogens (tertiary/aromatic N) is 3. The van der Waals surface area contributed by atoms with Gasteiger partial charge in [-0.2, -0.15) is 0 Å². The summed E-state index contributed by atoms with van der Waals surface area (Å²) in [6.07, 6.45) is 10.9. The van der Waals surface area contributed by atoms with Gasteiger partial charge in [-0.3, -0.25) is 4.68 Å². The zero-order chi connectivity index (χ0) is 12.5. The third kappa shape index (κ3) is 5.82. The predicted octanol–water partition coefficient (Wildman–Crippen LogP) is 2.31. The summed E-state index contributed by atoms with van der Waals surface area (Å²) in [6, 6.07) is 0.535. The van der Waals surface area contributed by atoms with Gasteiger partial charge in [0.15, 0.2) is 0 Å². The lowest BCUT2D eigenvalue weighted by molar-refractivity contribution is 0.478. The van der Waals surface area contributed by atoms with Gasteiger partial charge in [0.2, 0.25) is 0 Å². The van der Waals surface area contributed by atoms with Gasteiger partial charge in [0.25, 0.3) is 0 Å². The summed E-state index contributed by atoms with van der Waals surface area (Å²) in [5.74, 6) is 0. The molecule has 0 saturated heterocycles. The fourth-order valence-corrected chi connectivity index (χ4v) is 2.08. The van der Waals surface area contributed by atoms with Crippen LogP contribution in [0.1, 0.15) is 51.1 Å². The van der Waals surface area contributed by atoms with Crippen molar-refractivity contribution in [1.29, 1.82) is 0 Å². The monoisotopic (exact) mass is 238 g/mol. The summed E-state index contributed by atoms with van der Waals surface area (Å²) in [5.41, 5.74) is 1.08. The van der Waals surface area contributed by atoms with E-state index in [1.807, 2.05) is 20.3 Å². The standard InChI is InChI=1S/C13H26N4/c1-4-5-6-7-8-9-12(14-2)10-13-11-17(3)16-15-13/h11-12,14H,4-10H2,1-3H3. The number of aryl methyl sites for hydroxylation is 1. The van der Waals surface area contributed by atoms with Crippen LogP contribution >= 0.6 is 0 Å². The SMILES string of the molecule is CCCCCCCC(Cc1cn(C)nn1)NC. The maximum Gasteiger partial charge on any atom is 0.0842 e. The molecule has 0 bridgehead atoms. The highest BCUT2D eigenvalue weighted by molar-refractivity contribution is 4.95. The summed E-state index contributed by atoms with van der Waals surface area (Å²) >= 11 is 0. The molecular formula is C13H26N4. The van der Waals surface area contributed by atoms with Crippen molar-refractivity contribution in [2.75, 3.05) is 7.05 Å². The van der Waals surface area contributed by atoms with E-state index in [4.69, 9.17) is 0 Å². The van der Waals surface area contributed by atoms with Gasteiger partial charge in [-0.15, -0.1) is 5.10 Å². The van der Waals surface area contributed by atoms with Crippen LogP contribution < -0.4 is 5.32 Å². The van der Waals surface area contributed by atoms with Crippen molar-refractivity contribution < 1.29 is 0 Å². The largest absolute Gasteiger partial charge is 0.317 e. The summed E-state index contributed by atoms with van der Waals surface area (Å²) in [6.45, 7) is 2.25. The van der Waals surface area contributed by atoms with Gasteiger partial charge in [-0.05, 0) is 13.5 Å². The highest BCUT2D eigenvalue weighted by Gasteiger charge is 2.09. The summed E-state index contributed by atoms with van der Waals surface area (Å²) in [5, 5.41) is 11.5. The van der Waals surface area contributed by atoms with Gasteiger partial charge >= 0.3 is 0 Å². The van der Waals surface area contributed by atoms with E-state index in [1.54, 1.807) is 4.68 Å². The normalized spacial score (nSPS) is 12.9. The molecule has 1 atom stereocenters. The van der Waals surface area contributed by atoms with Crippen LogP contribution in [0.25, 0.3) is 0 Å². The molecule has 0 aliphatic heterocycles. The second-order valence-corrected chi connectivity index (χ2v) is 4.78. The van der Waals surface area contributed by atoms with Gasteiger partial charge in [-0.25, -0.2) is 0 Å². The quantitative estimate of drug-likeness (QED) is 0.671. The van der Waals surface area contributed by atoms with Gasteiger partial charge < -0.3 is 5.32 Å². The topological polar surface area (TPSA) is 42.7 Å². The molecule has 17 heavy (non-hydrogen) atoms. The van der Waals surface area contributed by atoms with E-state index in [9.17, 15) is 0 Å². The molecule has 0 aromatic carbocycles. The number of likely N-dealkylation sites (N-methyl/N-ethyl adjacent to an activating group) is 1. The average Bonchev–Trinajstić information content (AvgIpc) is 2.73. The first-order valence-corrected chi connectivity index (χ1v) is 6.78. The molecule has 1 aromatic rings. The number of nitrogens with one attached hydrogen (secondary N) is 1. The molecule has 0 fully saturated rings. The Labute approximate surface area is 105 Å². The number of unbranched alkanes of at least 4 members (excludes halogenated alkanes) is 4. The molecule has 1 unspecified atom stereocenters. The lowest BCUT2D eigenvalue weighted by atomic mass is 10.0. The second-order valence-electron chi connectivity index (χ2n) is 4.78. The first-order valence-electron chi connectivity index (χ1n) is 6.78. The highest BCUT2D eigenvalue weighted by atomic mass is 15.4. The maximum atomic E-state index is 4.13. The maximum absolute atomic E-state index is 4.13. The van der Waals surface area contributed by atoms with Crippen molar-refractivity contribution in [2.24, 2.45) is 7.05 Å². The molecule has 0 aliphatic rings.